The first-order valence-corrected chi connectivity index (χ1v) is 6.80. The molecule has 0 aliphatic rings. The number of nitrogens with zero attached hydrogens (tertiary/aromatic N) is 2. The maximum absolute atomic E-state index is 6.29. The lowest BCUT2D eigenvalue weighted by Gasteiger charge is -2.13. The molecule has 2 rings (SSSR count). The van der Waals surface area contributed by atoms with Crippen molar-refractivity contribution in [3.05, 3.63) is 52.3 Å². The molecule has 102 valence electrons. The second-order valence-electron chi connectivity index (χ2n) is 5.33. The molecule has 2 N–H and O–H groups in total. The number of aromatic nitrogens is 2. The predicted octanol–water partition coefficient (Wildman–Crippen LogP) is 2.98. The zero-order valence-electron chi connectivity index (χ0n) is 12.3. The Labute approximate surface area is 115 Å². The zero-order chi connectivity index (χ0) is 14.0. The van der Waals surface area contributed by atoms with Gasteiger partial charge in [0, 0.05) is 18.8 Å². The maximum Gasteiger partial charge on any atom is 0.0628 e. The summed E-state index contributed by atoms with van der Waals surface area (Å²) in [5, 5.41) is 4.45. The molecular weight excluding hydrogens is 234 g/mol. The number of aryl methyl sites for hydroxylation is 3. The SMILES string of the molecule is Cc1cccc(C(N)CCc2c(C)nn(C)c2C)c1. The first kappa shape index (κ1) is 13.8. The molecule has 1 aromatic carbocycles. The Bertz CT molecular complexity index is 569. The summed E-state index contributed by atoms with van der Waals surface area (Å²) in [6.45, 7) is 6.29. The first-order chi connectivity index (χ1) is 8.99. The van der Waals surface area contributed by atoms with Crippen LogP contribution in [-0.2, 0) is 13.5 Å². The van der Waals surface area contributed by atoms with Crippen LogP contribution in [0.2, 0.25) is 0 Å². The van der Waals surface area contributed by atoms with Crippen LogP contribution in [0.15, 0.2) is 24.3 Å². The van der Waals surface area contributed by atoms with Crippen molar-refractivity contribution in [1.29, 1.82) is 0 Å². The Morgan fingerprint density at radius 1 is 1.26 bits per heavy atom. The average molecular weight is 257 g/mol. The van der Waals surface area contributed by atoms with Gasteiger partial charge in [-0.1, -0.05) is 29.8 Å². The highest BCUT2D eigenvalue weighted by atomic mass is 15.3. The largest absolute Gasteiger partial charge is 0.324 e. The molecule has 0 amide bonds. The van der Waals surface area contributed by atoms with Crippen molar-refractivity contribution < 1.29 is 0 Å². The van der Waals surface area contributed by atoms with Crippen LogP contribution in [0.1, 0.15) is 40.5 Å². The van der Waals surface area contributed by atoms with Gasteiger partial charge in [-0.25, -0.2) is 0 Å². The van der Waals surface area contributed by atoms with Crippen molar-refractivity contribution in [2.75, 3.05) is 0 Å². The third kappa shape index (κ3) is 3.04. The van der Waals surface area contributed by atoms with E-state index in [1.165, 1.54) is 22.4 Å². The Balaban J connectivity index is 2.06. The van der Waals surface area contributed by atoms with E-state index in [4.69, 9.17) is 5.73 Å². The molecule has 19 heavy (non-hydrogen) atoms. The van der Waals surface area contributed by atoms with Gasteiger partial charge < -0.3 is 5.73 Å². The van der Waals surface area contributed by atoms with Gasteiger partial charge in [0.15, 0.2) is 0 Å². The van der Waals surface area contributed by atoms with E-state index in [2.05, 4.69) is 50.1 Å². The van der Waals surface area contributed by atoms with E-state index in [1.807, 2.05) is 11.7 Å². The van der Waals surface area contributed by atoms with Crippen molar-refractivity contribution >= 4 is 0 Å². The Morgan fingerprint density at radius 2 is 2.00 bits per heavy atom. The first-order valence-electron chi connectivity index (χ1n) is 6.80. The smallest absolute Gasteiger partial charge is 0.0628 e. The highest BCUT2D eigenvalue weighted by molar-refractivity contribution is 5.27. The molecule has 1 heterocycles. The normalized spacial score (nSPS) is 12.7. The van der Waals surface area contributed by atoms with E-state index in [9.17, 15) is 0 Å². The standard InChI is InChI=1S/C16H23N3/c1-11-6-5-7-14(10-11)16(17)9-8-15-12(2)18-19(4)13(15)3/h5-7,10,16H,8-9,17H2,1-4H3. The fourth-order valence-electron chi connectivity index (χ4n) is 2.55. The van der Waals surface area contributed by atoms with E-state index < -0.39 is 0 Å². The summed E-state index contributed by atoms with van der Waals surface area (Å²) in [7, 11) is 1.99. The van der Waals surface area contributed by atoms with Crippen molar-refractivity contribution in [3.63, 3.8) is 0 Å². The summed E-state index contributed by atoms with van der Waals surface area (Å²) in [5.41, 5.74) is 12.5. The van der Waals surface area contributed by atoms with Crippen molar-refractivity contribution in [2.45, 2.75) is 39.7 Å². The van der Waals surface area contributed by atoms with Gasteiger partial charge >= 0.3 is 0 Å². The molecule has 0 spiro atoms. The quantitative estimate of drug-likeness (QED) is 0.915. The van der Waals surface area contributed by atoms with Crippen LogP contribution in [0.3, 0.4) is 0 Å². The van der Waals surface area contributed by atoms with Crippen LogP contribution >= 0.6 is 0 Å². The topological polar surface area (TPSA) is 43.8 Å². The molecule has 0 bridgehead atoms. The van der Waals surface area contributed by atoms with Crippen LogP contribution in [-0.4, -0.2) is 9.78 Å². The second kappa shape index (κ2) is 5.57. The van der Waals surface area contributed by atoms with Gasteiger partial charge in [-0.2, -0.15) is 5.10 Å². The van der Waals surface area contributed by atoms with Gasteiger partial charge in [0.1, 0.15) is 0 Å². The van der Waals surface area contributed by atoms with E-state index in [0.29, 0.717) is 0 Å². The van der Waals surface area contributed by atoms with Gasteiger partial charge in [-0.3, -0.25) is 4.68 Å². The third-order valence-corrected chi connectivity index (χ3v) is 3.83. The molecule has 2 aromatic rings. The summed E-state index contributed by atoms with van der Waals surface area (Å²) in [4.78, 5) is 0. The lowest BCUT2D eigenvalue weighted by molar-refractivity contribution is 0.647. The van der Waals surface area contributed by atoms with E-state index in [-0.39, 0.29) is 6.04 Å². The molecule has 0 radical (unpaired) electrons. The predicted molar refractivity (Wildman–Crippen MR) is 79.1 cm³/mol. The molecule has 0 fully saturated rings. The summed E-state index contributed by atoms with van der Waals surface area (Å²) < 4.78 is 1.95. The minimum atomic E-state index is 0.0962. The summed E-state index contributed by atoms with van der Waals surface area (Å²) in [5.74, 6) is 0. The van der Waals surface area contributed by atoms with Gasteiger partial charge in [0.25, 0.3) is 0 Å². The molecular formula is C16H23N3. The number of hydrogen-bond acceptors (Lipinski definition) is 2. The van der Waals surface area contributed by atoms with E-state index in [0.717, 1.165) is 18.5 Å². The minimum absolute atomic E-state index is 0.0962. The molecule has 0 aliphatic heterocycles. The maximum atomic E-state index is 6.29. The highest BCUT2D eigenvalue weighted by Gasteiger charge is 2.12. The van der Waals surface area contributed by atoms with Crippen LogP contribution in [0.25, 0.3) is 0 Å². The number of rotatable bonds is 4. The number of nitrogens with two attached hydrogens (primary N) is 1. The molecule has 1 unspecified atom stereocenters. The number of benzene rings is 1. The fraction of sp³-hybridized carbons (Fsp3) is 0.438. The van der Waals surface area contributed by atoms with Crippen molar-refractivity contribution in [2.24, 2.45) is 12.8 Å². The Hall–Kier alpha value is -1.61. The van der Waals surface area contributed by atoms with E-state index in [1.54, 1.807) is 0 Å². The molecule has 0 saturated carbocycles. The Morgan fingerprint density at radius 3 is 2.58 bits per heavy atom. The summed E-state index contributed by atoms with van der Waals surface area (Å²) in [6.07, 6.45) is 1.94. The third-order valence-electron chi connectivity index (χ3n) is 3.83. The zero-order valence-corrected chi connectivity index (χ0v) is 12.3. The lowest BCUT2D eigenvalue weighted by atomic mass is 9.98. The molecule has 0 saturated heterocycles. The molecule has 0 aliphatic carbocycles. The van der Waals surface area contributed by atoms with Crippen LogP contribution in [0.5, 0.6) is 0 Å². The van der Waals surface area contributed by atoms with Crippen molar-refractivity contribution in [3.8, 4) is 0 Å². The summed E-state index contributed by atoms with van der Waals surface area (Å²) >= 11 is 0. The average Bonchev–Trinajstić information content (AvgIpc) is 2.61. The molecule has 1 atom stereocenters. The van der Waals surface area contributed by atoms with Gasteiger partial charge in [-0.15, -0.1) is 0 Å². The molecule has 3 heteroatoms. The highest BCUT2D eigenvalue weighted by Crippen LogP contribution is 2.20. The second-order valence-corrected chi connectivity index (χ2v) is 5.33. The van der Waals surface area contributed by atoms with Gasteiger partial charge in [-0.05, 0) is 44.7 Å². The minimum Gasteiger partial charge on any atom is -0.324 e. The fourth-order valence-corrected chi connectivity index (χ4v) is 2.55. The summed E-state index contributed by atoms with van der Waals surface area (Å²) in [6, 6.07) is 8.56. The molecule has 1 aromatic heterocycles. The lowest BCUT2D eigenvalue weighted by Crippen LogP contribution is -2.12. The monoisotopic (exact) mass is 257 g/mol. The Kier molecular flexibility index (Phi) is 4.05. The molecule has 3 nitrogen and oxygen atoms in total. The van der Waals surface area contributed by atoms with Crippen LogP contribution < -0.4 is 5.73 Å². The van der Waals surface area contributed by atoms with Crippen LogP contribution in [0.4, 0.5) is 0 Å². The number of hydrogen-bond donors (Lipinski definition) is 1. The van der Waals surface area contributed by atoms with Gasteiger partial charge in [0.05, 0.1) is 5.69 Å². The van der Waals surface area contributed by atoms with Gasteiger partial charge in [0.2, 0.25) is 0 Å². The van der Waals surface area contributed by atoms with E-state index >= 15 is 0 Å². The van der Waals surface area contributed by atoms with Crippen LogP contribution in [0, 0.1) is 20.8 Å². The van der Waals surface area contributed by atoms with Crippen molar-refractivity contribution in [1.82, 2.24) is 9.78 Å².